The topological polar surface area (TPSA) is 27.7 Å². The summed E-state index contributed by atoms with van der Waals surface area (Å²) in [5.41, 5.74) is 0.789. The number of benzene rings is 1. The molecule has 106 valence electrons. The molecule has 2 rings (SSSR count). The molecular formula is C14H22FN3O. The lowest BCUT2D eigenvalue weighted by Gasteiger charge is -2.34. The maximum Gasteiger partial charge on any atom is 0.142 e. The number of rotatable bonds is 4. The average molecular weight is 267 g/mol. The van der Waals surface area contributed by atoms with Crippen molar-refractivity contribution in [3.63, 3.8) is 0 Å². The highest BCUT2D eigenvalue weighted by Crippen LogP contribution is 2.28. The van der Waals surface area contributed by atoms with Crippen molar-refractivity contribution in [2.75, 3.05) is 52.3 Å². The summed E-state index contributed by atoms with van der Waals surface area (Å²) in [6, 6.07) is 4.99. The van der Waals surface area contributed by atoms with Crippen LogP contribution in [-0.2, 0) is 0 Å². The van der Waals surface area contributed by atoms with Gasteiger partial charge >= 0.3 is 0 Å². The van der Waals surface area contributed by atoms with Gasteiger partial charge < -0.3 is 19.9 Å². The maximum absolute atomic E-state index is 13.4. The summed E-state index contributed by atoms with van der Waals surface area (Å²) < 4.78 is 18.7. The second-order valence-electron chi connectivity index (χ2n) is 5.11. The maximum atomic E-state index is 13.4. The number of hydrogen-bond donors (Lipinski definition) is 1. The van der Waals surface area contributed by atoms with Crippen molar-refractivity contribution in [2.45, 2.75) is 6.04 Å². The molecule has 1 N–H and O–H groups in total. The predicted octanol–water partition coefficient (Wildman–Crippen LogP) is 1.17. The monoisotopic (exact) mass is 267 g/mol. The lowest BCUT2D eigenvalue weighted by Crippen LogP contribution is -2.53. The minimum atomic E-state index is -0.239. The molecule has 1 aromatic carbocycles. The molecule has 1 heterocycles. The number of ether oxygens (including phenoxy) is 1. The highest BCUT2D eigenvalue weighted by atomic mass is 19.1. The van der Waals surface area contributed by atoms with E-state index in [0.29, 0.717) is 11.8 Å². The summed E-state index contributed by atoms with van der Waals surface area (Å²) >= 11 is 0. The third kappa shape index (κ3) is 3.58. The minimum absolute atomic E-state index is 0.239. The quantitative estimate of drug-likeness (QED) is 0.886. The van der Waals surface area contributed by atoms with E-state index in [1.165, 1.54) is 12.1 Å². The van der Waals surface area contributed by atoms with Gasteiger partial charge in [0.05, 0.1) is 12.8 Å². The third-order valence-electron chi connectivity index (χ3n) is 3.50. The lowest BCUT2D eigenvalue weighted by molar-refractivity contribution is 0.241. The first kappa shape index (κ1) is 14.1. The first-order chi connectivity index (χ1) is 9.10. The number of halogens is 1. The third-order valence-corrected chi connectivity index (χ3v) is 3.50. The molecule has 1 aliphatic rings. The van der Waals surface area contributed by atoms with Crippen LogP contribution in [0.3, 0.4) is 0 Å². The van der Waals surface area contributed by atoms with Crippen molar-refractivity contribution in [1.82, 2.24) is 10.2 Å². The second kappa shape index (κ2) is 6.21. The van der Waals surface area contributed by atoms with Gasteiger partial charge in [-0.2, -0.15) is 0 Å². The molecule has 19 heavy (non-hydrogen) atoms. The molecular weight excluding hydrogens is 245 g/mol. The standard InChI is InChI=1S/C14H22FN3O/c1-17-7-6-16-12(9-17)10-18(2)13-8-11(15)4-5-14(13)19-3/h4-5,8,12,16H,6-7,9-10H2,1-3H3. The van der Waals surface area contributed by atoms with E-state index in [1.54, 1.807) is 13.2 Å². The molecule has 1 atom stereocenters. The minimum Gasteiger partial charge on any atom is -0.495 e. The van der Waals surface area contributed by atoms with Gasteiger partial charge in [-0.3, -0.25) is 0 Å². The number of methoxy groups -OCH3 is 1. The Bertz CT molecular complexity index is 427. The molecule has 5 heteroatoms. The van der Waals surface area contributed by atoms with Gasteiger partial charge in [0.1, 0.15) is 11.6 Å². The number of piperazine rings is 1. The molecule has 0 aromatic heterocycles. The molecule has 0 spiro atoms. The van der Waals surface area contributed by atoms with E-state index in [1.807, 2.05) is 11.9 Å². The smallest absolute Gasteiger partial charge is 0.142 e. The van der Waals surface area contributed by atoms with Gasteiger partial charge in [0.25, 0.3) is 0 Å². The van der Waals surface area contributed by atoms with E-state index in [0.717, 1.165) is 31.9 Å². The van der Waals surface area contributed by atoms with Crippen LogP contribution in [0.2, 0.25) is 0 Å². The fourth-order valence-electron chi connectivity index (χ4n) is 2.50. The molecule has 0 amide bonds. The van der Waals surface area contributed by atoms with Gasteiger partial charge in [0.15, 0.2) is 0 Å². The van der Waals surface area contributed by atoms with Crippen LogP contribution in [0.15, 0.2) is 18.2 Å². The van der Waals surface area contributed by atoms with Crippen molar-refractivity contribution in [3.8, 4) is 5.75 Å². The van der Waals surface area contributed by atoms with Crippen LogP contribution >= 0.6 is 0 Å². The normalized spacial score (nSPS) is 20.3. The lowest BCUT2D eigenvalue weighted by atomic mass is 10.2. The highest BCUT2D eigenvalue weighted by Gasteiger charge is 2.19. The number of nitrogens with one attached hydrogen (secondary N) is 1. The molecule has 0 saturated carbocycles. The molecule has 1 unspecified atom stereocenters. The molecule has 0 aliphatic carbocycles. The van der Waals surface area contributed by atoms with Crippen LogP contribution in [0, 0.1) is 5.82 Å². The Hall–Kier alpha value is -1.33. The fourth-order valence-corrected chi connectivity index (χ4v) is 2.50. The van der Waals surface area contributed by atoms with Gasteiger partial charge in [0.2, 0.25) is 0 Å². The first-order valence-corrected chi connectivity index (χ1v) is 6.56. The van der Waals surface area contributed by atoms with Crippen molar-refractivity contribution in [1.29, 1.82) is 0 Å². The molecule has 1 saturated heterocycles. The van der Waals surface area contributed by atoms with E-state index in [-0.39, 0.29) is 5.82 Å². The predicted molar refractivity (Wildman–Crippen MR) is 75.5 cm³/mol. The Morgan fingerprint density at radius 2 is 2.32 bits per heavy atom. The molecule has 0 bridgehead atoms. The average Bonchev–Trinajstić information content (AvgIpc) is 2.38. The zero-order valence-corrected chi connectivity index (χ0v) is 11.8. The summed E-state index contributed by atoms with van der Waals surface area (Å²) in [6.45, 7) is 3.89. The molecule has 1 aliphatic heterocycles. The van der Waals surface area contributed by atoms with Gasteiger partial charge in [0, 0.05) is 45.3 Å². The molecule has 4 nitrogen and oxygen atoms in total. The zero-order chi connectivity index (χ0) is 13.8. The highest BCUT2D eigenvalue weighted by molar-refractivity contribution is 5.58. The van der Waals surface area contributed by atoms with Crippen LogP contribution < -0.4 is 15.0 Å². The van der Waals surface area contributed by atoms with Crippen LogP contribution in [0.1, 0.15) is 0 Å². The summed E-state index contributed by atoms with van der Waals surface area (Å²) in [5, 5.41) is 3.48. The molecule has 1 aromatic rings. The van der Waals surface area contributed by atoms with Gasteiger partial charge in [-0.15, -0.1) is 0 Å². The molecule has 1 fully saturated rings. The van der Waals surface area contributed by atoms with E-state index in [9.17, 15) is 4.39 Å². The molecule has 0 radical (unpaired) electrons. The van der Waals surface area contributed by atoms with Crippen LogP contribution in [0.5, 0.6) is 5.75 Å². The van der Waals surface area contributed by atoms with E-state index in [4.69, 9.17) is 4.74 Å². The number of nitrogens with zero attached hydrogens (tertiary/aromatic N) is 2. The van der Waals surface area contributed by atoms with E-state index >= 15 is 0 Å². The number of likely N-dealkylation sites (N-methyl/N-ethyl adjacent to an activating group) is 2. The van der Waals surface area contributed by atoms with Gasteiger partial charge in [-0.05, 0) is 19.2 Å². The Morgan fingerprint density at radius 3 is 3.00 bits per heavy atom. The Morgan fingerprint density at radius 1 is 1.53 bits per heavy atom. The Balaban J connectivity index is 2.06. The van der Waals surface area contributed by atoms with Crippen molar-refractivity contribution in [3.05, 3.63) is 24.0 Å². The van der Waals surface area contributed by atoms with Crippen molar-refractivity contribution in [2.24, 2.45) is 0 Å². The first-order valence-electron chi connectivity index (χ1n) is 6.56. The number of hydrogen-bond acceptors (Lipinski definition) is 4. The van der Waals surface area contributed by atoms with Crippen LogP contribution in [0.4, 0.5) is 10.1 Å². The summed E-state index contributed by atoms with van der Waals surface area (Å²) in [6.07, 6.45) is 0. The Kier molecular flexibility index (Phi) is 4.61. The summed E-state index contributed by atoms with van der Waals surface area (Å²) in [5.74, 6) is 0.462. The van der Waals surface area contributed by atoms with Crippen LogP contribution in [-0.4, -0.2) is 58.3 Å². The largest absolute Gasteiger partial charge is 0.495 e. The fraction of sp³-hybridized carbons (Fsp3) is 0.571. The van der Waals surface area contributed by atoms with Crippen LogP contribution in [0.25, 0.3) is 0 Å². The van der Waals surface area contributed by atoms with Crippen molar-refractivity contribution < 1.29 is 9.13 Å². The summed E-state index contributed by atoms with van der Waals surface area (Å²) in [7, 11) is 5.70. The van der Waals surface area contributed by atoms with E-state index in [2.05, 4.69) is 17.3 Å². The van der Waals surface area contributed by atoms with Crippen molar-refractivity contribution >= 4 is 5.69 Å². The zero-order valence-electron chi connectivity index (χ0n) is 11.8. The Labute approximate surface area is 114 Å². The SMILES string of the molecule is COc1ccc(F)cc1N(C)CC1CN(C)CCN1. The van der Waals surface area contributed by atoms with Gasteiger partial charge in [-0.1, -0.05) is 0 Å². The summed E-state index contributed by atoms with van der Waals surface area (Å²) in [4.78, 5) is 4.34. The second-order valence-corrected chi connectivity index (χ2v) is 5.11. The van der Waals surface area contributed by atoms with Gasteiger partial charge in [-0.25, -0.2) is 4.39 Å². The van der Waals surface area contributed by atoms with E-state index < -0.39 is 0 Å². The number of anilines is 1.